The molecule has 0 aliphatic heterocycles. The summed E-state index contributed by atoms with van der Waals surface area (Å²) in [4.78, 5) is 4.11. The number of anilines is 1. The summed E-state index contributed by atoms with van der Waals surface area (Å²) in [5.41, 5.74) is 2.37. The molecule has 1 fully saturated rings. The van der Waals surface area contributed by atoms with Crippen molar-refractivity contribution in [2.24, 2.45) is 11.8 Å². The van der Waals surface area contributed by atoms with Crippen LogP contribution in [0.25, 0.3) is 0 Å². The Morgan fingerprint density at radius 1 is 1.50 bits per heavy atom. The molecule has 0 amide bonds. The van der Waals surface area contributed by atoms with Gasteiger partial charge in [-0.2, -0.15) is 4.31 Å². The minimum atomic E-state index is -3.47. The highest BCUT2D eigenvalue weighted by Crippen LogP contribution is 2.36. The van der Waals surface area contributed by atoms with Gasteiger partial charge >= 0.3 is 0 Å². The molecular formula is C11H18N4O2S. The average Bonchev–Trinajstić information content (AvgIpc) is 3.21. The van der Waals surface area contributed by atoms with Crippen molar-refractivity contribution in [3.8, 4) is 0 Å². The zero-order chi connectivity index (χ0) is 13.3. The van der Waals surface area contributed by atoms with Crippen molar-refractivity contribution in [3.63, 3.8) is 0 Å². The number of nitrogens with zero attached hydrogens (tertiary/aromatic N) is 2. The molecule has 1 atom stereocenters. The number of hydrogen-bond donors (Lipinski definition) is 2. The fraction of sp³-hybridized carbons (Fsp3) is 0.545. The number of rotatable bonds is 5. The molecule has 6 nitrogen and oxygen atoms in total. The normalized spacial score (nSPS) is 17.8. The summed E-state index contributed by atoms with van der Waals surface area (Å²) < 4.78 is 26.1. The zero-order valence-corrected chi connectivity index (χ0v) is 11.3. The standard InChI is InChI=1S/C11H18N4O2S/c1-8(9-3-4-9)15(2)18(16,17)10-5-6-11(14-12)13-7-10/h5-9H,3-4,12H2,1-2H3,(H,13,14). The molecule has 1 aromatic rings. The molecular weight excluding hydrogens is 252 g/mol. The number of nitrogens with two attached hydrogens (primary N) is 1. The molecule has 100 valence electrons. The third-order valence-corrected chi connectivity index (χ3v) is 5.37. The van der Waals surface area contributed by atoms with Crippen LogP contribution in [0.3, 0.4) is 0 Å². The fourth-order valence-corrected chi connectivity index (χ4v) is 3.25. The Morgan fingerprint density at radius 2 is 2.17 bits per heavy atom. The minimum absolute atomic E-state index is 0.0299. The van der Waals surface area contributed by atoms with Crippen molar-refractivity contribution in [1.82, 2.24) is 9.29 Å². The molecule has 1 saturated carbocycles. The predicted octanol–water partition coefficient (Wildman–Crippen LogP) is 0.786. The third kappa shape index (κ3) is 2.47. The summed E-state index contributed by atoms with van der Waals surface area (Å²) in [6.07, 6.45) is 3.53. The molecule has 1 aromatic heterocycles. The first-order chi connectivity index (χ1) is 8.46. The highest BCUT2D eigenvalue weighted by molar-refractivity contribution is 7.89. The van der Waals surface area contributed by atoms with Gasteiger partial charge in [0.2, 0.25) is 10.0 Å². The maximum atomic E-state index is 12.3. The van der Waals surface area contributed by atoms with Gasteiger partial charge in [0.1, 0.15) is 10.7 Å². The topological polar surface area (TPSA) is 88.3 Å². The highest BCUT2D eigenvalue weighted by atomic mass is 32.2. The van der Waals surface area contributed by atoms with Gasteiger partial charge in [-0.05, 0) is 37.8 Å². The quantitative estimate of drug-likeness (QED) is 0.610. The molecule has 1 aliphatic carbocycles. The SMILES string of the molecule is CC(C1CC1)N(C)S(=O)(=O)c1ccc(NN)nc1. The average molecular weight is 270 g/mol. The van der Waals surface area contributed by atoms with Crippen molar-refractivity contribution < 1.29 is 8.42 Å². The van der Waals surface area contributed by atoms with E-state index in [1.165, 1.54) is 16.6 Å². The first kappa shape index (κ1) is 13.3. The van der Waals surface area contributed by atoms with Crippen molar-refractivity contribution >= 4 is 15.8 Å². The number of hydrogen-bond acceptors (Lipinski definition) is 5. The van der Waals surface area contributed by atoms with Crippen LogP contribution in [-0.2, 0) is 10.0 Å². The van der Waals surface area contributed by atoms with Gasteiger partial charge in [0.05, 0.1) is 0 Å². The Labute approximate surface area is 107 Å². The summed E-state index contributed by atoms with van der Waals surface area (Å²) >= 11 is 0. The zero-order valence-electron chi connectivity index (χ0n) is 10.5. The molecule has 18 heavy (non-hydrogen) atoms. The number of hydrazine groups is 1. The second kappa shape index (κ2) is 4.83. The number of sulfonamides is 1. The molecule has 0 bridgehead atoms. The lowest BCUT2D eigenvalue weighted by Gasteiger charge is -2.24. The molecule has 1 unspecified atom stereocenters. The van der Waals surface area contributed by atoms with E-state index in [9.17, 15) is 8.42 Å². The Balaban J connectivity index is 2.23. The van der Waals surface area contributed by atoms with E-state index in [4.69, 9.17) is 5.84 Å². The van der Waals surface area contributed by atoms with E-state index in [1.54, 1.807) is 13.1 Å². The Kier molecular flexibility index (Phi) is 3.56. The first-order valence-electron chi connectivity index (χ1n) is 5.87. The molecule has 3 N–H and O–H groups in total. The van der Waals surface area contributed by atoms with Crippen LogP contribution in [0.2, 0.25) is 0 Å². The monoisotopic (exact) mass is 270 g/mol. The van der Waals surface area contributed by atoms with Crippen LogP contribution >= 0.6 is 0 Å². The molecule has 7 heteroatoms. The maximum absolute atomic E-state index is 12.3. The largest absolute Gasteiger partial charge is 0.308 e. The van der Waals surface area contributed by atoms with Gasteiger partial charge in [-0.25, -0.2) is 19.2 Å². The molecule has 0 spiro atoms. The molecule has 1 heterocycles. The van der Waals surface area contributed by atoms with Crippen LogP contribution < -0.4 is 11.3 Å². The Bertz CT molecular complexity index is 510. The summed E-state index contributed by atoms with van der Waals surface area (Å²) in [6.45, 7) is 1.94. The lowest BCUT2D eigenvalue weighted by molar-refractivity contribution is 0.357. The number of pyridine rings is 1. The summed E-state index contributed by atoms with van der Waals surface area (Å²) in [6, 6.07) is 3.08. The van der Waals surface area contributed by atoms with E-state index in [-0.39, 0.29) is 10.9 Å². The number of aromatic nitrogens is 1. The Hall–Kier alpha value is -1.18. The van der Waals surface area contributed by atoms with Crippen LogP contribution in [0, 0.1) is 5.92 Å². The summed E-state index contributed by atoms with van der Waals surface area (Å²) in [5, 5.41) is 0. The van der Waals surface area contributed by atoms with E-state index in [2.05, 4.69) is 10.4 Å². The van der Waals surface area contributed by atoms with E-state index >= 15 is 0 Å². The van der Waals surface area contributed by atoms with E-state index in [0.29, 0.717) is 11.7 Å². The van der Waals surface area contributed by atoms with Crippen molar-refractivity contribution in [3.05, 3.63) is 18.3 Å². The van der Waals surface area contributed by atoms with Crippen molar-refractivity contribution in [2.75, 3.05) is 12.5 Å². The predicted molar refractivity (Wildman–Crippen MR) is 69.2 cm³/mol. The first-order valence-corrected chi connectivity index (χ1v) is 7.31. The van der Waals surface area contributed by atoms with Crippen LogP contribution in [0.5, 0.6) is 0 Å². The summed E-state index contributed by atoms with van der Waals surface area (Å²) in [5.74, 6) is 6.12. The molecule has 1 aliphatic rings. The molecule has 0 aromatic carbocycles. The van der Waals surface area contributed by atoms with Gasteiger partial charge in [-0.3, -0.25) is 0 Å². The number of nitrogens with one attached hydrogen (secondary N) is 1. The molecule has 0 radical (unpaired) electrons. The van der Waals surface area contributed by atoms with Crippen molar-refractivity contribution in [1.29, 1.82) is 0 Å². The van der Waals surface area contributed by atoms with Crippen LogP contribution in [0.1, 0.15) is 19.8 Å². The van der Waals surface area contributed by atoms with Crippen LogP contribution in [0.4, 0.5) is 5.82 Å². The van der Waals surface area contributed by atoms with Gasteiger partial charge in [-0.15, -0.1) is 0 Å². The highest BCUT2D eigenvalue weighted by Gasteiger charge is 2.36. The Morgan fingerprint density at radius 3 is 2.61 bits per heavy atom. The van der Waals surface area contributed by atoms with E-state index in [0.717, 1.165) is 12.8 Å². The van der Waals surface area contributed by atoms with Gasteiger partial charge in [0, 0.05) is 19.3 Å². The molecule has 0 saturated heterocycles. The molecule has 2 rings (SSSR count). The van der Waals surface area contributed by atoms with E-state index < -0.39 is 10.0 Å². The van der Waals surface area contributed by atoms with Crippen molar-refractivity contribution in [2.45, 2.75) is 30.7 Å². The fourth-order valence-electron chi connectivity index (χ4n) is 1.88. The second-order valence-corrected chi connectivity index (χ2v) is 6.62. The lowest BCUT2D eigenvalue weighted by Crippen LogP contribution is -2.36. The third-order valence-electron chi connectivity index (χ3n) is 3.44. The van der Waals surface area contributed by atoms with Gasteiger partial charge in [-0.1, -0.05) is 0 Å². The van der Waals surface area contributed by atoms with Gasteiger partial charge < -0.3 is 5.43 Å². The minimum Gasteiger partial charge on any atom is -0.308 e. The lowest BCUT2D eigenvalue weighted by atomic mass is 10.2. The maximum Gasteiger partial charge on any atom is 0.244 e. The van der Waals surface area contributed by atoms with Gasteiger partial charge in [0.15, 0.2) is 0 Å². The van der Waals surface area contributed by atoms with E-state index in [1.807, 2.05) is 6.92 Å². The van der Waals surface area contributed by atoms with Crippen LogP contribution in [-0.4, -0.2) is 30.8 Å². The number of nitrogen functional groups attached to an aromatic ring is 1. The summed E-state index contributed by atoms with van der Waals surface area (Å²) in [7, 11) is -1.85. The smallest absolute Gasteiger partial charge is 0.244 e. The van der Waals surface area contributed by atoms with Gasteiger partial charge in [0.25, 0.3) is 0 Å². The van der Waals surface area contributed by atoms with Crippen LogP contribution in [0.15, 0.2) is 23.2 Å². The second-order valence-electron chi connectivity index (χ2n) is 4.62.